The van der Waals surface area contributed by atoms with Gasteiger partial charge in [0.1, 0.15) is 6.04 Å². The summed E-state index contributed by atoms with van der Waals surface area (Å²) in [7, 11) is 0. The fourth-order valence-electron chi connectivity index (χ4n) is 1.97. The molecule has 1 aromatic carbocycles. The zero-order chi connectivity index (χ0) is 12.6. The van der Waals surface area contributed by atoms with Gasteiger partial charge in [-0.15, -0.1) is 0 Å². The highest BCUT2D eigenvalue weighted by Gasteiger charge is 2.31. The largest absolute Gasteiger partial charge is 0.504 e. The van der Waals surface area contributed by atoms with Crippen molar-refractivity contribution in [2.45, 2.75) is 31.2 Å². The fraction of sp³-hybridized carbons (Fsp3) is 0.417. The van der Waals surface area contributed by atoms with Gasteiger partial charge in [0.05, 0.1) is 0 Å². The van der Waals surface area contributed by atoms with Crippen LogP contribution in [0.25, 0.3) is 0 Å². The quantitative estimate of drug-likeness (QED) is 0.583. The van der Waals surface area contributed by atoms with E-state index in [-0.39, 0.29) is 23.8 Å². The lowest BCUT2D eigenvalue weighted by atomic mass is 9.96. The summed E-state index contributed by atoms with van der Waals surface area (Å²) in [6.07, 6.45) is 2.06. The summed E-state index contributed by atoms with van der Waals surface area (Å²) < 4.78 is 0. The molecule has 1 unspecified atom stereocenters. The van der Waals surface area contributed by atoms with Crippen LogP contribution in [0.5, 0.6) is 11.5 Å². The second kappa shape index (κ2) is 4.25. The van der Waals surface area contributed by atoms with Gasteiger partial charge in [-0.2, -0.15) is 0 Å². The summed E-state index contributed by atoms with van der Waals surface area (Å²) in [5.41, 5.74) is 6.84. The van der Waals surface area contributed by atoms with Crippen LogP contribution in [0.1, 0.15) is 29.9 Å². The van der Waals surface area contributed by atoms with E-state index < -0.39 is 12.0 Å². The first kappa shape index (κ1) is 11.7. The second-order valence-corrected chi connectivity index (χ2v) is 4.43. The van der Waals surface area contributed by atoms with Crippen molar-refractivity contribution in [3.8, 4) is 11.5 Å². The summed E-state index contributed by atoms with van der Waals surface area (Å²) in [5, 5.41) is 28.0. The van der Waals surface area contributed by atoms with Crippen molar-refractivity contribution in [2.24, 2.45) is 5.73 Å². The summed E-state index contributed by atoms with van der Waals surface area (Å²) in [6, 6.07) is 2.01. The second-order valence-electron chi connectivity index (χ2n) is 4.43. The van der Waals surface area contributed by atoms with Crippen LogP contribution in [0, 0.1) is 0 Å². The molecule has 92 valence electrons. The third-order valence-electron chi connectivity index (χ3n) is 3.03. The summed E-state index contributed by atoms with van der Waals surface area (Å²) >= 11 is 0. The molecular formula is C12H15NO4. The van der Waals surface area contributed by atoms with E-state index in [4.69, 9.17) is 10.8 Å². The zero-order valence-corrected chi connectivity index (χ0v) is 9.26. The highest BCUT2D eigenvalue weighted by atomic mass is 16.4. The van der Waals surface area contributed by atoms with Crippen LogP contribution in [-0.4, -0.2) is 27.3 Å². The molecule has 0 spiro atoms. The SMILES string of the molecule is NC(Cc1ccc(O)c(O)c1C1CC1)C(=O)O. The Morgan fingerprint density at radius 1 is 1.41 bits per heavy atom. The summed E-state index contributed by atoms with van der Waals surface area (Å²) in [4.78, 5) is 10.7. The molecule has 0 aromatic heterocycles. The maximum absolute atomic E-state index is 10.7. The smallest absolute Gasteiger partial charge is 0.320 e. The van der Waals surface area contributed by atoms with Gasteiger partial charge >= 0.3 is 5.97 Å². The number of carbonyl (C=O) groups is 1. The minimum Gasteiger partial charge on any atom is -0.504 e. The number of phenols is 2. The van der Waals surface area contributed by atoms with Crippen LogP contribution >= 0.6 is 0 Å². The average molecular weight is 237 g/mol. The molecule has 5 heteroatoms. The van der Waals surface area contributed by atoms with Crippen LogP contribution in [0.3, 0.4) is 0 Å². The number of aliphatic carboxylic acids is 1. The van der Waals surface area contributed by atoms with Crippen LogP contribution in [0.15, 0.2) is 12.1 Å². The Morgan fingerprint density at radius 2 is 2.06 bits per heavy atom. The molecule has 1 aliphatic rings. The van der Waals surface area contributed by atoms with Crippen LogP contribution in [0.4, 0.5) is 0 Å². The Morgan fingerprint density at radius 3 is 2.59 bits per heavy atom. The molecular weight excluding hydrogens is 222 g/mol. The Bertz CT molecular complexity index is 454. The summed E-state index contributed by atoms with van der Waals surface area (Å²) in [5.74, 6) is -1.15. The topological polar surface area (TPSA) is 104 Å². The van der Waals surface area contributed by atoms with Gasteiger partial charge in [0.15, 0.2) is 11.5 Å². The van der Waals surface area contributed by atoms with Gasteiger partial charge in [0, 0.05) is 5.56 Å². The number of carboxylic acids is 1. The van der Waals surface area contributed by atoms with Gasteiger partial charge < -0.3 is 21.1 Å². The lowest BCUT2D eigenvalue weighted by molar-refractivity contribution is -0.138. The minimum absolute atomic E-state index is 0.136. The highest BCUT2D eigenvalue weighted by molar-refractivity contribution is 5.73. The van der Waals surface area contributed by atoms with E-state index in [0.717, 1.165) is 12.8 Å². The van der Waals surface area contributed by atoms with Crippen LogP contribution in [-0.2, 0) is 11.2 Å². The molecule has 5 nitrogen and oxygen atoms in total. The molecule has 0 heterocycles. The molecule has 1 aliphatic carbocycles. The monoisotopic (exact) mass is 237 g/mol. The van der Waals surface area contributed by atoms with Crippen molar-refractivity contribution in [2.75, 3.05) is 0 Å². The van der Waals surface area contributed by atoms with Crippen LogP contribution < -0.4 is 5.73 Å². The first-order chi connectivity index (χ1) is 8.00. The third-order valence-corrected chi connectivity index (χ3v) is 3.03. The van der Waals surface area contributed by atoms with Crippen molar-refractivity contribution in [3.05, 3.63) is 23.3 Å². The number of aromatic hydroxyl groups is 2. The summed E-state index contributed by atoms with van der Waals surface area (Å²) in [6.45, 7) is 0. The lowest BCUT2D eigenvalue weighted by Gasteiger charge is -2.14. The lowest BCUT2D eigenvalue weighted by Crippen LogP contribution is -2.32. The maximum Gasteiger partial charge on any atom is 0.320 e. The fourth-order valence-corrected chi connectivity index (χ4v) is 1.97. The third kappa shape index (κ3) is 2.34. The van der Waals surface area contributed by atoms with Gasteiger partial charge in [-0.1, -0.05) is 6.07 Å². The number of phenolic OH excluding ortho intramolecular Hbond substituents is 2. The minimum atomic E-state index is -1.07. The standard InChI is InChI=1S/C12H15NO4/c13-8(12(16)17)5-7-3-4-9(14)11(15)10(7)6-1-2-6/h3-4,6,8,14-15H,1-2,5,13H2,(H,16,17). The van der Waals surface area contributed by atoms with Crippen molar-refractivity contribution < 1.29 is 20.1 Å². The van der Waals surface area contributed by atoms with Gasteiger partial charge in [-0.05, 0) is 36.8 Å². The zero-order valence-electron chi connectivity index (χ0n) is 9.26. The molecule has 17 heavy (non-hydrogen) atoms. The Hall–Kier alpha value is -1.75. The molecule has 5 N–H and O–H groups in total. The predicted molar refractivity (Wildman–Crippen MR) is 61.1 cm³/mol. The van der Waals surface area contributed by atoms with E-state index in [1.165, 1.54) is 6.07 Å². The molecule has 2 rings (SSSR count). The van der Waals surface area contributed by atoms with E-state index in [0.29, 0.717) is 11.1 Å². The maximum atomic E-state index is 10.7. The van der Waals surface area contributed by atoms with E-state index in [1.54, 1.807) is 6.07 Å². The predicted octanol–water partition coefficient (Wildman–Crippen LogP) is 0.930. The highest BCUT2D eigenvalue weighted by Crippen LogP contribution is 2.48. The molecule has 0 bridgehead atoms. The molecule has 0 radical (unpaired) electrons. The average Bonchev–Trinajstić information content (AvgIpc) is 3.07. The van der Waals surface area contributed by atoms with Crippen molar-refractivity contribution >= 4 is 5.97 Å². The molecule has 1 atom stereocenters. The van der Waals surface area contributed by atoms with E-state index in [2.05, 4.69) is 0 Å². The normalized spacial score (nSPS) is 16.8. The number of nitrogens with two attached hydrogens (primary N) is 1. The van der Waals surface area contributed by atoms with Gasteiger partial charge in [0.2, 0.25) is 0 Å². The van der Waals surface area contributed by atoms with E-state index in [1.807, 2.05) is 0 Å². The van der Waals surface area contributed by atoms with E-state index >= 15 is 0 Å². The Balaban J connectivity index is 2.33. The molecule has 0 saturated heterocycles. The first-order valence-electron chi connectivity index (χ1n) is 5.52. The number of benzene rings is 1. The van der Waals surface area contributed by atoms with Gasteiger partial charge in [-0.3, -0.25) is 4.79 Å². The number of hydrogen-bond donors (Lipinski definition) is 4. The van der Waals surface area contributed by atoms with Gasteiger partial charge in [-0.25, -0.2) is 0 Å². The first-order valence-corrected chi connectivity index (χ1v) is 5.52. The van der Waals surface area contributed by atoms with Crippen LogP contribution in [0.2, 0.25) is 0 Å². The molecule has 1 aromatic rings. The molecule has 1 saturated carbocycles. The Labute approximate surface area is 98.5 Å². The molecule has 0 aliphatic heterocycles. The molecule has 0 amide bonds. The number of hydrogen-bond acceptors (Lipinski definition) is 4. The van der Waals surface area contributed by atoms with Gasteiger partial charge in [0.25, 0.3) is 0 Å². The number of carboxylic acid groups (broad SMARTS) is 1. The van der Waals surface area contributed by atoms with E-state index in [9.17, 15) is 15.0 Å². The van der Waals surface area contributed by atoms with Crippen molar-refractivity contribution in [1.29, 1.82) is 0 Å². The molecule has 1 fully saturated rings. The van der Waals surface area contributed by atoms with Crippen molar-refractivity contribution in [3.63, 3.8) is 0 Å². The Kier molecular flexibility index (Phi) is 2.93. The van der Waals surface area contributed by atoms with Crippen molar-refractivity contribution in [1.82, 2.24) is 0 Å². The number of rotatable bonds is 4.